The quantitative estimate of drug-likeness (QED) is 0.780. The Labute approximate surface area is 114 Å². The van der Waals surface area contributed by atoms with Gasteiger partial charge in [0, 0.05) is 31.9 Å². The molecule has 0 heterocycles. The van der Waals surface area contributed by atoms with Crippen molar-refractivity contribution < 1.29 is 4.79 Å². The molecule has 0 radical (unpaired) electrons. The van der Waals surface area contributed by atoms with Crippen LogP contribution in [-0.2, 0) is 4.79 Å². The maximum atomic E-state index is 11.9. The number of rotatable bonds is 5. The number of para-hydroxylation sites is 1. The van der Waals surface area contributed by atoms with Gasteiger partial charge in [-0.05, 0) is 18.6 Å². The van der Waals surface area contributed by atoms with E-state index in [0.717, 1.165) is 18.7 Å². The Balaban J connectivity index is 1.72. The lowest BCUT2D eigenvalue weighted by atomic mass is 10.1. The van der Waals surface area contributed by atoms with Gasteiger partial charge in [-0.1, -0.05) is 30.4 Å². The van der Waals surface area contributed by atoms with Crippen molar-refractivity contribution in [3.8, 4) is 0 Å². The third kappa shape index (κ3) is 3.83. The van der Waals surface area contributed by atoms with Crippen molar-refractivity contribution in [1.29, 1.82) is 0 Å². The van der Waals surface area contributed by atoms with Crippen LogP contribution in [0.15, 0.2) is 42.5 Å². The van der Waals surface area contributed by atoms with Gasteiger partial charge in [0.15, 0.2) is 0 Å². The van der Waals surface area contributed by atoms with Crippen molar-refractivity contribution in [2.45, 2.75) is 12.5 Å². The van der Waals surface area contributed by atoms with Gasteiger partial charge in [-0.15, -0.1) is 0 Å². The van der Waals surface area contributed by atoms with Crippen LogP contribution in [0.5, 0.6) is 0 Å². The second kappa shape index (κ2) is 6.38. The molecule has 4 heteroatoms. The fourth-order valence-corrected chi connectivity index (χ4v) is 2.21. The van der Waals surface area contributed by atoms with Crippen LogP contribution in [0.1, 0.15) is 6.42 Å². The molecule has 1 amide bonds. The van der Waals surface area contributed by atoms with Crippen molar-refractivity contribution >= 4 is 11.6 Å². The zero-order valence-corrected chi connectivity index (χ0v) is 11.3. The zero-order valence-electron chi connectivity index (χ0n) is 11.3. The predicted octanol–water partition coefficient (Wildman–Crippen LogP) is 1.14. The molecule has 1 aliphatic carbocycles. The largest absolute Gasteiger partial charge is 0.373 e. The average molecular weight is 259 g/mol. The number of benzene rings is 1. The number of amides is 1. The second-order valence-corrected chi connectivity index (χ2v) is 4.94. The molecule has 1 aliphatic rings. The Bertz CT molecular complexity index is 444. The van der Waals surface area contributed by atoms with Crippen LogP contribution in [0.4, 0.5) is 5.69 Å². The number of nitrogens with zero attached hydrogens (tertiary/aromatic N) is 1. The summed E-state index contributed by atoms with van der Waals surface area (Å²) >= 11 is 0. The minimum atomic E-state index is -0.0583. The minimum absolute atomic E-state index is 0.0303. The minimum Gasteiger partial charge on any atom is -0.373 e. The fraction of sp³-hybridized carbons (Fsp3) is 0.400. The molecule has 1 aromatic rings. The molecular weight excluding hydrogens is 238 g/mol. The van der Waals surface area contributed by atoms with Crippen molar-refractivity contribution in [3.05, 3.63) is 42.5 Å². The highest BCUT2D eigenvalue weighted by Crippen LogP contribution is 2.16. The first-order chi connectivity index (χ1) is 9.16. The van der Waals surface area contributed by atoms with Crippen molar-refractivity contribution in [2.75, 3.05) is 25.0 Å². The number of nitrogens with one attached hydrogen (secondary N) is 1. The van der Waals surface area contributed by atoms with Crippen LogP contribution in [0.25, 0.3) is 0 Å². The first kappa shape index (κ1) is 13.6. The highest BCUT2D eigenvalue weighted by Gasteiger charge is 2.22. The number of carbonyl (C=O) groups excluding carboxylic acids is 1. The van der Waals surface area contributed by atoms with Crippen molar-refractivity contribution in [1.82, 2.24) is 5.32 Å². The number of hydrogen-bond donors (Lipinski definition) is 2. The summed E-state index contributed by atoms with van der Waals surface area (Å²) in [5, 5.41) is 2.96. The number of likely N-dealkylation sites (N-methyl/N-ethyl adjacent to an activating group) is 1. The third-order valence-electron chi connectivity index (χ3n) is 3.40. The van der Waals surface area contributed by atoms with E-state index in [1.807, 2.05) is 37.4 Å². The highest BCUT2D eigenvalue weighted by molar-refractivity contribution is 5.81. The lowest BCUT2D eigenvalue weighted by Gasteiger charge is -2.20. The van der Waals surface area contributed by atoms with Gasteiger partial charge in [-0.3, -0.25) is 4.79 Å². The fourth-order valence-electron chi connectivity index (χ4n) is 2.21. The topological polar surface area (TPSA) is 58.4 Å². The lowest BCUT2D eigenvalue weighted by Crippen LogP contribution is -2.36. The normalized spacial score (nSPS) is 21.4. The van der Waals surface area contributed by atoms with Gasteiger partial charge in [0.05, 0.1) is 5.92 Å². The standard InChI is InChI=1S/C15H21N3O/c1-18(14-5-3-2-4-6-14)10-9-17-15(19)12-7-8-13(16)11-12/h2-8,12-13H,9-11,16H2,1H3,(H,17,19). The predicted molar refractivity (Wildman–Crippen MR) is 77.9 cm³/mol. The van der Waals surface area contributed by atoms with E-state index >= 15 is 0 Å². The van der Waals surface area contributed by atoms with E-state index in [9.17, 15) is 4.79 Å². The summed E-state index contributed by atoms with van der Waals surface area (Å²) in [6.45, 7) is 1.43. The monoisotopic (exact) mass is 259 g/mol. The van der Waals surface area contributed by atoms with E-state index in [-0.39, 0.29) is 17.9 Å². The molecule has 19 heavy (non-hydrogen) atoms. The molecular formula is C15H21N3O. The summed E-state index contributed by atoms with van der Waals surface area (Å²) in [6.07, 6.45) is 4.53. The van der Waals surface area contributed by atoms with Crippen LogP contribution in [0, 0.1) is 5.92 Å². The van der Waals surface area contributed by atoms with Crippen LogP contribution < -0.4 is 16.0 Å². The first-order valence-electron chi connectivity index (χ1n) is 6.64. The molecule has 102 valence electrons. The van der Waals surface area contributed by atoms with Gasteiger partial charge in [-0.2, -0.15) is 0 Å². The molecule has 0 saturated carbocycles. The SMILES string of the molecule is CN(CCNC(=O)C1C=CC(N)C1)c1ccccc1. The summed E-state index contributed by atoms with van der Waals surface area (Å²) in [6, 6.07) is 10.2. The molecule has 2 rings (SSSR count). The van der Waals surface area contributed by atoms with E-state index in [1.165, 1.54) is 0 Å². The zero-order chi connectivity index (χ0) is 13.7. The number of anilines is 1. The summed E-state index contributed by atoms with van der Waals surface area (Å²) in [5.41, 5.74) is 6.89. The molecule has 2 atom stereocenters. The van der Waals surface area contributed by atoms with E-state index in [1.54, 1.807) is 0 Å². The summed E-state index contributed by atoms with van der Waals surface area (Å²) in [4.78, 5) is 14.0. The van der Waals surface area contributed by atoms with Crippen LogP contribution in [-0.4, -0.2) is 32.1 Å². The van der Waals surface area contributed by atoms with E-state index in [0.29, 0.717) is 6.54 Å². The van der Waals surface area contributed by atoms with Gasteiger partial charge in [0.2, 0.25) is 5.91 Å². The third-order valence-corrected chi connectivity index (χ3v) is 3.40. The van der Waals surface area contributed by atoms with Gasteiger partial charge in [-0.25, -0.2) is 0 Å². The molecule has 0 fully saturated rings. The Morgan fingerprint density at radius 1 is 1.37 bits per heavy atom. The first-order valence-corrected chi connectivity index (χ1v) is 6.64. The Hall–Kier alpha value is -1.81. The van der Waals surface area contributed by atoms with Gasteiger partial charge >= 0.3 is 0 Å². The lowest BCUT2D eigenvalue weighted by molar-refractivity contribution is -0.123. The molecule has 0 saturated heterocycles. The molecule has 3 N–H and O–H groups in total. The Kier molecular flexibility index (Phi) is 4.58. The molecule has 2 unspecified atom stereocenters. The highest BCUT2D eigenvalue weighted by atomic mass is 16.1. The van der Waals surface area contributed by atoms with Crippen LogP contribution in [0.2, 0.25) is 0 Å². The maximum Gasteiger partial charge on any atom is 0.227 e. The number of hydrogen-bond acceptors (Lipinski definition) is 3. The molecule has 4 nitrogen and oxygen atoms in total. The molecule has 0 bridgehead atoms. The Morgan fingerprint density at radius 3 is 2.74 bits per heavy atom. The second-order valence-electron chi connectivity index (χ2n) is 4.94. The summed E-state index contributed by atoms with van der Waals surface area (Å²) in [7, 11) is 2.02. The van der Waals surface area contributed by atoms with Crippen molar-refractivity contribution in [2.24, 2.45) is 11.7 Å². The van der Waals surface area contributed by atoms with Gasteiger partial charge in [0.25, 0.3) is 0 Å². The van der Waals surface area contributed by atoms with Crippen LogP contribution in [0.3, 0.4) is 0 Å². The van der Waals surface area contributed by atoms with E-state index in [2.05, 4.69) is 22.3 Å². The average Bonchev–Trinajstić information content (AvgIpc) is 2.86. The summed E-state index contributed by atoms with van der Waals surface area (Å²) in [5.74, 6) is 0.0164. The molecule has 1 aromatic carbocycles. The molecule has 0 aromatic heterocycles. The van der Waals surface area contributed by atoms with Gasteiger partial charge in [0.1, 0.15) is 0 Å². The van der Waals surface area contributed by atoms with E-state index in [4.69, 9.17) is 5.73 Å². The smallest absolute Gasteiger partial charge is 0.227 e. The Morgan fingerprint density at radius 2 is 2.11 bits per heavy atom. The number of carbonyl (C=O) groups is 1. The summed E-state index contributed by atoms with van der Waals surface area (Å²) < 4.78 is 0. The maximum absolute atomic E-state index is 11.9. The van der Waals surface area contributed by atoms with Gasteiger partial charge < -0.3 is 16.0 Å². The van der Waals surface area contributed by atoms with Crippen molar-refractivity contribution in [3.63, 3.8) is 0 Å². The van der Waals surface area contributed by atoms with Crippen LogP contribution >= 0.6 is 0 Å². The number of nitrogens with two attached hydrogens (primary N) is 1. The molecule has 0 aliphatic heterocycles. The molecule has 0 spiro atoms. The van der Waals surface area contributed by atoms with E-state index < -0.39 is 0 Å².